The summed E-state index contributed by atoms with van der Waals surface area (Å²) in [5.41, 5.74) is 7.77. The quantitative estimate of drug-likeness (QED) is 0.211. The van der Waals surface area contributed by atoms with E-state index in [1.165, 1.54) is 0 Å². The Morgan fingerprint density at radius 1 is 0.364 bits per heavy atom. The molecule has 0 amide bonds. The lowest BCUT2D eigenvalue weighted by Gasteiger charge is -2.11. The maximum absolute atomic E-state index is 6.29. The first kappa shape index (κ1) is 24.5. The van der Waals surface area contributed by atoms with Crippen LogP contribution in [0, 0.1) is 0 Å². The Balaban J connectivity index is 1.32. The van der Waals surface area contributed by atoms with Crippen LogP contribution in [0.4, 0.5) is 0 Å². The van der Waals surface area contributed by atoms with E-state index >= 15 is 0 Å². The average molecular weight is 567 g/mol. The van der Waals surface area contributed by atoms with E-state index in [9.17, 15) is 0 Å². The van der Waals surface area contributed by atoms with Crippen LogP contribution in [0.5, 0.6) is 0 Å². The molecule has 0 radical (unpaired) electrons. The van der Waals surface area contributed by atoms with Gasteiger partial charge in [-0.3, -0.25) is 0 Å². The summed E-state index contributed by atoms with van der Waals surface area (Å²) in [5.74, 6) is 1.06. The topological polar surface area (TPSA) is 77.8 Å². The van der Waals surface area contributed by atoms with E-state index < -0.39 is 0 Å². The monoisotopic (exact) mass is 566 g/mol. The first-order chi connectivity index (χ1) is 21.8. The summed E-state index contributed by atoms with van der Waals surface area (Å²) in [6, 6.07) is 44.2. The maximum Gasteiger partial charge on any atom is 0.231 e. The molecule has 0 spiro atoms. The largest absolute Gasteiger partial charge is 0.438 e. The molecule has 5 aromatic carbocycles. The summed E-state index contributed by atoms with van der Waals surface area (Å²) < 4.78 is 12.6. The van der Waals surface area contributed by atoms with E-state index in [4.69, 9.17) is 28.8 Å². The summed E-state index contributed by atoms with van der Waals surface area (Å²) in [7, 11) is 0. The van der Waals surface area contributed by atoms with E-state index in [0.29, 0.717) is 23.1 Å². The van der Waals surface area contributed by atoms with Crippen LogP contribution in [0.1, 0.15) is 0 Å². The first-order valence-corrected chi connectivity index (χ1v) is 14.4. The van der Waals surface area contributed by atoms with Crippen molar-refractivity contribution in [2.45, 2.75) is 0 Å². The zero-order valence-corrected chi connectivity index (χ0v) is 23.3. The molecule has 206 valence electrons. The fourth-order valence-corrected chi connectivity index (χ4v) is 5.97. The third-order valence-electron chi connectivity index (χ3n) is 7.98. The Labute approximate surface area is 251 Å². The van der Waals surface area contributed by atoms with E-state index in [1.54, 1.807) is 0 Å². The van der Waals surface area contributed by atoms with Gasteiger partial charge in [0.05, 0.1) is 22.2 Å². The second-order valence-corrected chi connectivity index (χ2v) is 10.6. The molecule has 0 saturated carbocycles. The van der Waals surface area contributed by atoms with Crippen molar-refractivity contribution in [2.24, 2.45) is 0 Å². The molecule has 0 aliphatic rings. The summed E-state index contributed by atoms with van der Waals surface area (Å²) >= 11 is 0. The Morgan fingerprint density at radius 2 is 0.750 bits per heavy atom. The van der Waals surface area contributed by atoms with Gasteiger partial charge in [-0.2, -0.15) is 9.97 Å². The van der Waals surface area contributed by atoms with Gasteiger partial charge in [0.1, 0.15) is 11.2 Å². The lowest BCUT2D eigenvalue weighted by molar-refractivity contribution is 0.653. The van der Waals surface area contributed by atoms with Crippen LogP contribution in [0.15, 0.2) is 142 Å². The SMILES string of the molecule is c1ccc(-c2nc(-c3ccccc3-c3nc(-c4ccccc4)c4c(n3)oc3ccccc34)nc3oc4ccccc4c23)cc1. The molecule has 6 heteroatoms. The Kier molecular flexibility index (Phi) is 5.40. The van der Waals surface area contributed by atoms with Gasteiger partial charge in [0.15, 0.2) is 11.6 Å². The normalized spacial score (nSPS) is 11.6. The molecule has 0 unspecified atom stereocenters. The van der Waals surface area contributed by atoms with E-state index in [-0.39, 0.29) is 0 Å². The lowest BCUT2D eigenvalue weighted by atomic mass is 10.0. The summed E-state index contributed by atoms with van der Waals surface area (Å²) in [6.07, 6.45) is 0. The average Bonchev–Trinajstić information content (AvgIpc) is 3.66. The number of hydrogen-bond acceptors (Lipinski definition) is 6. The molecule has 6 nitrogen and oxygen atoms in total. The van der Waals surface area contributed by atoms with E-state index in [1.807, 2.05) is 109 Å². The van der Waals surface area contributed by atoms with Crippen LogP contribution in [0.2, 0.25) is 0 Å². The van der Waals surface area contributed by atoms with Crippen LogP contribution < -0.4 is 0 Å². The van der Waals surface area contributed by atoms with Gasteiger partial charge in [-0.1, -0.05) is 121 Å². The van der Waals surface area contributed by atoms with Crippen molar-refractivity contribution >= 4 is 44.1 Å². The zero-order chi connectivity index (χ0) is 29.0. The molecule has 9 aromatic rings. The highest BCUT2D eigenvalue weighted by atomic mass is 16.3. The standard InChI is InChI=1S/C38H22N4O2/c1-3-13-23(14-4-1)33-31-27-19-9-11-21-29(27)43-37(31)41-35(39-33)25-17-7-8-18-26(25)36-40-34(24-15-5-2-6-16-24)32-28-20-10-12-22-30(28)44-38(32)42-36/h1-22H. The highest BCUT2D eigenvalue weighted by Crippen LogP contribution is 2.40. The molecule has 0 saturated heterocycles. The van der Waals surface area contributed by atoms with Gasteiger partial charge in [-0.25, -0.2) is 9.97 Å². The van der Waals surface area contributed by atoms with Gasteiger partial charge in [-0.15, -0.1) is 0 Å². The fourth-order valence-electron chi connectivity index (χ4n) is 5.97. The molecule has 0 N–H and O–H groups in total. The van der Waals surface area contributed by atoms with Crippen LogP contribution in [-0.2, 0) is 0 Å². The zero-order valence-electron chi connectivity index (χ0n) is 23.3. The molecule has 44 heavy (non-hydrogen) atoms. The Hall–Kier alpha value is -6.14. The van der Waals surface area contributed by atoms with Crippen molar-refractivity contribution in [1.82, 2.24) is 19.9 Å². The van der Waals surface area contributed by atoms with Gasteiger partial charge in [0, 0.05) is 33.0 Å². The molecule has 4 aromatic heterocycles. The Bertz CT molecular complexity index is 2320. The number of hydrogen-bond donors (Lipinski definition) is 0. The summed E-state index contributed by atoms with van der Waals surface area (Å²) in [6.45, 7) is 0. The second-order valence-electron chi connectivity index (χ2n) is 10.6. The number of rotatable bonds is 4. The number of para-hydroxylation sites is 2. The van der Waals surface area contributed by atoms with Gasteiger partial charge < -0.3 is 8.83 Å². The lowest BCUT2D eigenvalue weighted by Crippen LogP contribution is -1.99. The smallest absolute Gasteiger partial charge is 0.231 e. The molecule has 0 fully saturated rings. The van der Waals surface area contributed by atoms with Gasteiger partial charge in [-0.05, 0) is 12.1 Å². The highest BCUT2D eigenvalue weighted by molar-refractivity contribution is 6.12. The summed E-state index contributed by atoms with van der Waals surface area (Å²) in [4.78, 5) is 20.3. The van der Waals surface area contributed by atoms with Crippen LogP contribution in [0.3, 0.4) is 0 Å². The third kappa shape index (κ3) is 3.82. The number of benzene rings is 5. The van der Waals surface area contributed by atoms with Gasteiger partial charge in [0.25, 0.3) is 0 Å². The minimum absolute atomic E-state index is 0.528. The van der Waals surface area contributed by atoms with Crippen molar-refractivity contribution in [2.75, 3.05) is 0 Å². The van der Waals surface area contributed by atoms with Crippen molar-refractivity contribution in [3.8, 4) is 45.3 Å². The molecule has 9 rings (SSSR count). The molecule has 0 aliphatic heterocycles. The van der Waals surface area contributed by atoms with Crippen molar-refractivity contribution < 1.29 is 8.83 Å². The number of furan rings is 2. The van der Waals surface area contributed by atoms with Crippen molar-refractivity contribution in [1.29, 1.82) is 0 Å². The molecular formula is C38H22N4O2. The maximum atomic E-state index is 6.29. The molecule has 0 bridgehead atoms. The second kappa shape index (κ2) is 9.71. The fraction of sp³-hybridized carbons (Fsp3) is 0. The number of fused-ring (bicyclic) bond motifs is 6. The molecule has 0 aliphatic carbocycles. The van der Waals surface area contributed by atoms with Crippen molar-refractivity contribution in [3.63, 3.8) is 0 Å². The first-order valence-electron chi connectivity index (χ1n) is 14.4. The molecule has 0 atom stereocenters. The number of nitrogens with zero attached hydrogens (tertiary/aromatic N) is 4. The van der Waals surface area contributed by atoms with Gasteiger partial charge in [0.2, 0.25) is 11.4 Å². The van der Waals surface area contributed by atoms with Crippen LogP contribution in [0.25, 0.3) is 89.4 Å². The molecular weight excluding hydrogens is 544 g/mol. The predicted molar refractivity (Wildman–Crippen MR) is 174 cm³/mol. The van der Waals surface area contributed by atoms with Crippen LogP contribution >= 0.6 is 0 Å². The predicted octanol–water partition coefficient (Wildman–Crippen LogP) is 9.73. The van der Waals surface area contributed by atoms with Gasteiger partial charge >= 0.3 is 0 Å². The number of aromatic nitrogens is 4. The van der Waals surface area contributed by atoms with Crippen LogP contribution in [-0.4, -0.2) is 19.9 Å². The minimum Gasteiger partial charge on any atom is -0.438 e. The van der Waals surface area contributed by atoms with Crippen molar-refractivity contribution in [3.05, 3.63) is 133 Å². The minimum atomic E-state index is 0.528. The molecule has 4 heterocycles. The van der Waals surface area contributed by atoms with E-state index in [0.717, 1.165) is 66.4 Å². The van der Waals surface area contributed by atoms with E-state index in [2.05, 4.69) is 24.3 Å². The third-order valence-corrected chi connectivity index (χ3v) is 7.98. The highest BCUT2D eigenvalue weighted by Gasteiger charge is 2.22. The summed E-state index contributed by atoms with van der Waals surface area (Å²) in [5, 5.41) is 3.73. The Morgan fingerprint density at radius 3 is 1.20 bits per heavy atom.